The van der Waals surface area contributed by atoms with Crippen molar-refractivity contribution in [3.8, 4) is 5.75 Å². The first-order chi connectivity index (χ1) is 11.3. The Morgan fingerprint density at radius 3 is 2.33 bits per heavy atom. The fraction of sp³-hybridized carbons (Fsp3) is 0.471. The zero-order valence-electron chi connectivity index (χ0n) is 14.0. The van der Waals surface area contributed by atoms with Gasteiger partial charge in [-0.2, -0.15) is 0 Å². The van der Waals surface area contributed by atoms with E-state index in [4.69, 9.17) is 9.47 Å². The SMILES string of the molecule is COC(=O)C1(C)NC(c2ccc(OC)cc2)C2C(=O)N(C)C(=O)C21. The number of hydrogen-bond donors (Lipinski definition) is 1. The van der Waals surface area contributed by atoms with Gasteiger partial charge in [0.25, 0.3) is 0 Å². The molecule has 0 radical (unpaired) electrons. The summed E-state index contributed by atoms with van der Waals surface area (Å²) in [7, 11) is 4.29. The van der Waals surface area contributed by atoms with Crippen molar-refractivity contribution in [2.75, 3.05) is 21.3 Å². The first-order valence-electron chi connectivity index (χ1n) is 7.66. The third kappa shape index (κ3) is 2.11. The van der Waals surface area contributed by atoms with Gasteiger partial charge < -0.3 is 9.47 Å². The van der Waals surface area contributed by atoms with Crippen LogP contribution in [0, 0.1) is 11.8 Å². The summed E-state index contributed by atoms with van der Waals surface area (Å²) in [5.41, 5.74) is -0.434. The maximum absolute atomic E-state index is 12.6. The molecule has 1 aromatic carbocycles. The number of amides is 2. The van der Waals surface area contributed by atoms with Crippen molar-refractivity contribution in [3.05, 3.63) is 29.8 Å². The molecule has 0 spiro atoms. The minimum Gasteiger partial charge on any atom is -0.497 e. The Balaban J connectivity index is 2.06. The molecule has 24 heavy (non-hydrogen) atoms. The largest absolute Gasteiger partial charge is 0.497 e. The average molecular weight is 332 g/mol. The molecule has 2 heterocycles. The van der Waals surface area contributed by atoms with Crippen LogP contribution in [0.1, 0.15) is 18.5 Å². The summed E-state index contributed by atoms with van der Waals surface area (Å²) in [4.78, 5) is 38.6. The third-order valence-corrected chi connectivity index (χ3v) is 5.09. The van der Waals surface area contributed by atoms with Crippen molar-refractivity contribution in [1.82, 2.24) is 10.2 Å². The van der Waals surface area contributed by atoms with E-state index in [0.717, 1.165) is 10.5 Å². The highest BCUT2D eigenvalue weighted by Gasteiger charge is 2.66. The van der Waals surface area contributed by atoms with Crippen LogP contribution in [-0.4, -0.2) is 49.5 Å². The van der Waals surface area contributed by atoms with E-state index < -0.39 is 29.4 Å². The van der Waals surface area contributed by atoms with Gasteiger partial charge in [0.05, 0.1) is 26.1 Å². The van der Waals surface area contributed by atoms with E-state index in [2.05, 4.69) is 5.32 Å². The van der Waals surface area contributed by atoms with E-state index >= 15 is 0 Å². The standard InChI is InChI=1S/C17H20N2O5/c1-17(16(22)24-4)12-11(14(20)19(2)15(12)21)13(18-17)9-5-7-10(23-3)8-6-9/h5-8,11-13,18H,1-4H3. The minimum atomic E-state index is -1.25. The van der Waals surface area contributed by atoms with Crippen LogP contribution < -0.4 is 10.1 Å². The number of esters is 1. The van der Waals surface area contributed by atoms with Crippen LogP contribution in [0.25, 0.3) is 0 Å². The molecule has 7 nitrogen and oxygen atoms in total. The molecule has 2 aliphatic rings. The van der Waals surface area contributed by atoms with Gasteiger partial charge in [-0.3, -0.25) is 24.6 Å². The van der Waals surface area contributed by atoms with Crippen molar-refractivity contribution in [1.29, 1.82) is 0 Å². The Bertz CT molecular complexity index is 701. The Labute approximate surface area is 139 Å². The molecule has 1 N–H and O–H groups in total. The summed E-state index contributed by atoms with van der Waals surface area (Å²) in [6.45, 7) is 1.62. The molecule has 3 rings (SSSR count). The maximum Gasteiger partial charge on any atom is 0.326 e. The summed E-state index contributed by atoms with van der Waals surface area (Å²) in [6.07, 6.45) is 0. The van der Waals surface area contributed by atoms with E-state index in [-0.39, 0.29) is 11.8 Å². The number of nitrogens with one attached hydrogen (secondary N) is 1. The molecule has 7 heteroatoms. The van der Waals surface area contributed by atoms with Crippen molar-refractivity contribution in [3.63, 3.8) is 0 Å². The second-order valence-electron chi connectivity index (χ2n) is 6.33. The summed E-state index contributed by atoms with van der Waals surface area (Å²) in [6, 6.07) is 6.76. The van der Waals surface area contributed by atoms with Crippen LogP contribution >= 0.6 is 0 Å². The number of likely N-dealkylation sites (tertiary alicyclic amines) is 1. The number of carbonyl (C=O) groups is 3. The lowest BCUT2D eigenvalue weighted by molar-refractivity contribution is -0.152. The Kier molecular flexibility index (Phi) is 3.83. The van der Waals surface area contributed by atoms with Crippen molar-refractivity contribution >= 4 is 17.8 Å². The van der Waals surface area contributed by atoms with Gasteiger partial charge in [-0.25, -0.2) is 0 Å². The molecule has 1 aromatic rings. The van der Waals surface area contributed by atoms with E-state index in [1.54, 1.807) is 26.2 Å². The molecule has 0 bridgehead atoms. The van der Waals surface area contributed by atoms with Crippen LogP contribution in [0.3, 0.4) is 0 Å². The lowest BCUT2D eigenvalue weighted by Crippen LogP contribution is -2.53. The van der Waals surface area contributed by atoms with E-state index in [1.807, 2.05) is 12.1 Å². The predicted octanol–water partition coefficient (Wildman–Crippen LogP) is 0.502. The van der Waals surface area contributed by atoms with E-state index in [9.17, 15) is 14.4 Å². The molecule has 0 aromatic heterocycles. The smallest absolute Gasteiger partial charge is 0.326 e. The summed E-state index contributed by atoms with van der Waals surface area (Å²) in [5.74, 6) is -1.93. The fourth-order valence-corrected chi connectivity index (χ4v) is 3.78. The second kappa shape index (κ2) is 5.59. The number of nitrogens with zero attached hydrogens (tertiary/aromatic N) is 1. The number of benzene rings is 1. The lowest BCUT2D eigenvalue weighted by Gasteiger charge is -2.27. The van der Waals surface area contributed by atoms with Crippen LogP contribution in [0.4, 0.5) is 0 Å². The Morgan fingerprint density at radius 2 is 1.79 bits per heavy atom. The average Bonchev–Trinajstić information content (AvgIpc) is 3.04. The second-order valence-corrected chi connectivity index (χ2v) is 6.33. The van der Waals surface area contributed by atoms with Gasteiger partial charge in [-0.05, 0) is 24.6 Å². The van der Waals surface area contributed by atoms with Gasteiger partial charge in [0.2, 0.25) is 11.8 Å². The van der Waals surface area contributed by atoms with Gasteiger partial charge in [0.15, 0.2) is 0 Å². The quantitative estimate of drug-likeness (QED) is 0.641. The van der Waals surface area contributed by atoms with Gasteiger partial charge in [0.1, 0.15) is 11.3 Å². The minimum absolute atomic E-state index is 0.286. The van der Waals surface area contributed by atoms with E-state index in [1.165, 1.54) is 14.2 Å². The van der Waals surface area contributed by atoms with Crippen LogP contribution in [-0.2, 0) is 19.1 Å². The zero-order valence-corrected chi connectivity index (χ0v) is 14.0. The fourth-order valence-electron chi connectivity index (χ4n) is 3.78. The molecule has 2 aliphatic heterocycles. The first kappa shape index (κ1) is 16.4. The molecule has 2 fully saturated rings. The third-order valence-electron chi connectivity index (χ3n) is 5.09. The van der Waals surface area contributed by atoms with Crippen molar-refractivity contribution in [2.45, 2.75) is 18.5 Å². The molecule has 128 valence electrons. The zero-order chi connectivity index (χ0) is 17.6. The van der Waals surface area contributed by atoms with Crippen LogP contribution in [0.5, 0.6) is 5.75 Å². The molecule has 2 amide bonds. The van der Waals surface area contributed by atoms with Gasteiger partial charge in [-0.1, -0.05) is 12.1 Å². The predicted molar refractivity (Wildman–Crippen MR) is 84.0 cm³/mol. The number of carbonyl (C=O) groups excluding carboxylic acids is 3. The molecule has 4 unspecified atom stereocenters. The number of imide groups is 1. The van der Waals surface area contributed by atoms with E-state index in [0.29, 0.717) is 5.75 Å². The van der Waals surface area contributed by atoms with Crippen LogP contribution in [0.15, 0.2) is 24.3 Å². The number of hydrogen-bond acceptors (Lipinski definition) is 6. The molecular formula is C17H20N2O5. The number of ether oxygens (including phenoxy) is 2. The lowest BCUT2D eigenvalue weighted by atomic mass is 9.80. The highest BCUT2D eigenvalue weighted by Crippen LogP contribution is 2.48. The van der Waals surface area contributed by atoms with Crippen molar-refractivity contribution < 1.29 is 23.9 Å². The molecular weight excluding hydrogens is 312 g/mol. The first-order valence-corrected chi connectivity index (χ1v) is 7.66. The topological polar surface area (TPSA) is 84.9 Å². The van der Waals surface area contributed by atoms with Gasteiger partial charge in [-0.15, -0.1) is 0 Å². The van der Waals surface area contributed by atoms with Crippen LogP contribution in [0.2, 0.25) is 0 Å². The summed E-state index contributed by atoms with van der Waals surface area (Å²) >= 11 is 0. The highest BCUT2D eigenvalue weighted by molar-refractivity contribution is 6.09. The molecule has 0 saturated carbocycles. The monoisotopic (exact) mass is 332 g/mol. The normalized spacial score (nSPS) is 32.0. The van der Waals surface area contributed by atoms with Gasteiger partial charge in [0, 0.05) is 13.1 Å². The molecule has 0 aliphatic carbocycles. The number of rotatable bonds is 3. The Morgan fingerprint density at radius 1 is 1.17 bits per heavy atom. The summed E-state index contributed by atoms with van der Waals surface area (Å²) < 4.78 is 10.0. The highest BCUT2D eigenvalue weighted by atomic mass is 16.5. The Hall–Kier alpha value is -2.41. The summed E-state index contributed by atoms with van der Waals surface area (Å²) in [5, 5.41) is 3.17. The maximum atomic E-state index is 12.6. The molecule has 4 atom stereocenters. The molecule has 2 saturated heterocycles. The van der Waals surface area contributed by atoms with Gasteiger partial charge >= 0.3 is 5.97 Å². The van der Waals surface area contributed by atoms with Crippen molar-refractivity contribution in [2.24, 2.45) is 11.8 Å². The number of fused-ring (bicyclic) bond motifs is 1. The number of methoxy groups -OCH3 is 2.